The van der Waals surface area contributed by atoms with Crippen molar-refractivity contribution in [1.29, 1.82) is 0 Å². The van der Waals surface area contributed by atoms with Gasteiger partial charge in [-0.05, 0) is 30.3 Å². The Bertz CT molecular complexity index is 1110. The van der Waals surface area contributed by atoms with Crippen LogP contribution in [0.2, 0.25) is 0 Å². The molecule has 2 heterocycles. The third-order valence-corrected chi connectivity index (χ3v) is 3.93. The van der Waals surface area contributed by atoms with Gasteiger partial charge in [0, 0.05) is 29.7 Å². The third kappa shape index (κ3) is 5.21. The van der Waals surface area contributed by atoms with Gasteiger partial charge < -0.3 is 5.11 Å². The maximum absolute atomic E-state index is 13.1. The Balaban J connectivity index is 2.12. The van der Waals surface area contributed by atoms with E-state index in [-0.39, 0.29) is 28.7 Å². The van der Waals surface area contributed by atoms with Crippen molar-refractivity contribution in [3.8, 4) is 11.3 Å². The van der Waals surface area contributed by atoms with Gasteiger partial charge in [0.15, 0.2) is 5.82 Å². The van der Waals surface area contributed by atoms with E-state index >= 15 is 0 Å². The zero-order valence-corrected chi connectivity index (χ0v) is 15.1. The highest BCUT2D eigenvalue weighted by molar-refractivity contribution is 6.20. The van der Waals surface area contributed by atoms with Gasteiger partial charge in [-0.3, -0.25) is 0 Å². The number of halogens is 6. The fourth-order valence-corrected chi connectivity index (χ4v) is 2.54. The topological polar surface area (TPSA) is 88.9 Å². The van der Waals surface area contributed by atoms with E-state index < -0.39 is 35.0 Å². The summed E-state index contributed by atoms with van der Waals surface area (Å²) in [5.74, 6) is -1.63. The van der Waals surface area contributed by atoms with Crippen LogP contribution < -0.4 is 0 Å². The lowest BCUT2D eigenvalue weighted by atomic mass is 10.0. The number of benzene rings is 1. The van der Waals surface area contributed by atoms with Crippen LogP contribution >= 0.6 is 0 Å². The number of carboxylic acid groups (broad SMARTS) is 1. The summed E-state index contributed by atoms with van der Waals surface area (Å²) >= 11 is 0. The van der Waals surface area contributed by atoms with E-state index in [0.29, 0.717) is 12.1 Å². The van der Waals surface area contributed by atoms with Crippen LogP contribution in [0.15, 0.2) is 49.2 Å². The van der Waals surface area contributed by atoms with Crippen molar-refractivity contribution >= 4 is 17.6 Å². The molecule has 3 rings (SSSR count). The van der Waals surface area contributed by atoms with Crippen molar-refractivity contribution in [2.45, 2.75) is 12.4 Å². The number of hydrogen-bond donors (Lipinski definition) is 1. The molecule has 0 spiro atoms. The Morgan fingerprint density at radius 2 is 1.52 bits per heavy atom. The largest absolute Gasteiger partial charge is 0.478 e. The second kappa shape index (κ2) is 8.13. The van der Waals surface area contributed by atoms with Gasteiger partial charge in [0.05, 0.1) is 22.4 Å². The molecule has 0 radical (unpaired) electrons. The normalized spacial score (nSPS) is 12.6. The molecule has 0 aliphatic carbocycles. The van der Waals surface area contributed by atoms with Crippen LogP contribution in [-0.4, -0.2) is 31.0 Å². The molecule has 31 heavy (non-hydrogen) atoms. The van der Waals surface area contributed by atoms with Crippen molar-refractivity contribution in [1.82, 2.24) is 19.9 Å². The van der Waals surface area contributed by atoms with E-state index in [1.165, 1.54) is 18.7 Å². The van der Waals surface area contributed by atoms with Gasteiger partial charge >= 0.3 is 18.3 Å². The maximum atomic E-state index is 13.1. The molecule has 6 nitrogen and oxygen atoms in total. The average molecular weight is 440 g/mol. The van der Waals surface area contributed by atoms with Crippen molar-refractivity contribution < 1.29 is 36.2 Å². The first-order valence-corrected chi connectivity index (χ1v) is 8.28. The molecule has 0 saturated heterocycles. The van der Waals surface area contributed by atoms with Gasteiger partial charge in [-0.15, -0.1) is 0 Å². The minimum absolute atomic E-state index is 0.00341. The van der Waals surface area contributed by atoms with Crippen molar-refractivity contribution in [2.75, 3.05) is 0 Å². The maximum Gasteiger partial charge on any atom is 0.416 e. The van der Waals surface area contributed by atoms with Crippen molar-refractivity contribution in [3.63, 3.8) is 0 Å². The average Bonchev–Trinajstić information content (AvgIpc) is 2.71. The molecule has 0 bridgehead atoms. The number of alkyl halides is 6. The summed E-state index contributed by atoms with van der Waals surface area (Å²) in [6, 6.07) is 2.16. The summed E-state index contributed by atoms with van der Waals surface area (Å²) in [4.78, 5) is 26.7. The van der Waals surface area contributed by atoms with Crippen molar-refractivity contribution in [3.05, 3.63) is 71.7 Å². The summed E-state index contributed by atoms with van der Waals surface area (Å²) in [7, 11) is 0. The lowest BCUT2D eigenvalue weighted by Crippen LogP contribution is -2.11. The highest BCUT2D eigenvalue weighted by Crippen LogP contribution is 2.38. The summed E-state index contributed by atoms with van der Waals surface area (Å²) in [6.07, 6.45) is -4.36. The predicted molar refractivity (Wildman–Crippen MR) is 95.0 cm³/mol. The Morgan fingerprint density at radius 1 is 0.935 bits per heavy atom. The smallest absolute Gasteiger partial charge is 0.416 e. The Hall–Kier alpha value is -3.83. The summed E-state index contributed by atoms with van der Waals surface area (Å²) < 4.78 is 78.6. The van der Waals surface area contributed by atoms with Crippen LogP contribution in [0.3, 0.4) is 0 Å². The highest BCUT2D eigenvalue weighted by Gasteiger charge is 2.37. The number of aromatic nitrogens is 4. The summed E-state index contributed by atoms with van der Waals surface area (Å²) in [5, 5.41) is 9.40. The first kappa shape index (κ1) is 21.9. The van der Waals surface area contributed by atoms with Crippen LogP contribution in [0.4, 0.5) is 26.3 Å². The van der Waals surface area contributed by atoms with Crippen molar-refractivity contribution in [2.24, 2.45) is 0 Å². The zero-order chi connectivity index (χ0) is 22.8. The number of aliphatic carboxylic acids is 1. The van der Waals surface area contributed by atoms with Gasteiger partial charge in [-0.1, -0.05) is 0 Å². The molecular weight excluding hydrogens is 430 g/mol. The highest BCUT2D eigenvalue weighted by atomic mass is 19.4. The first-order chi connectivity index (χ1) is 14.4. The van der Waals surface area contributed by atoms with Crippen LogP contribution in [0.5, 0.6) is 0 Å². The molecule has 3 aromatic rings. The number of nitrogens with zero attached hydrogens (tertiary/aromatic N) is 4. The second-order valence-corrected chi connectivity index (χ2v) is 6.08. The Labute approximate surface area is 170 Å². The fraction of sp³-hybridized carbons (Fsp3) is 0.105. The zero-order valence-electron chi connectivity index (χ0n) is 15.1. The fourth-order valence-electron chi connectivity index (χ4n) is 2.54. The molecule has 0 saturated carbocycles. The monoisotopic (exact) mass is 440 g/mol. The quantitative estimate of drug-likeness (QED) is 0.471. The molecule has 160 valence electrons. The van der Waals surface area contributed by atoms with E-state index in [2.05, 4.69) is 19.9 Å². The second-order valence-electron chi connectivity index (χ2n) is 6.08. The van der Waals surface area contributed by atoms with Gasteiger partial charge in [-0.2, -0.15) is 26.3 Å². The third-order valence-electron chi connectivity index (χ3n) is 3.93. The molecule has 0 fully saturated rings. The van der Waals surface area contributed by atoms with Crippen LogP contribution in [-0.2, 0) is 17.1 Å². The van der Waals surface area contributed by atoms with E-state index in [4.69, 9.17) is 0 Å². The number of carboxylic acids is 1. The molecule has 0 unspecified atom stereocenters. The number of hydrogen-bond acceptors (Lipinski definition) is 5. The Morgan fingerprint density at radius 3 is 2.03 bits per heavy atom. The first-order valence-electron chi connectivity index (χ1n) is 8.28. The lowest BCUT2D eigenvalue weighted by Gasteiger charge is -2.14. The molecular formula is C19H10F6N4O2. The van der Waals surface area contributed by atoms with Crippen LogP contribution in [0, 0.1) is 0 Å². The van der Waals surface area contributed by atoms with E-state index in [1.807, 2.05) is 0 Å². The van der Waals surface area contributed by atoms with Gasteiger partial charge in [-0.25, -0.2) is 24.7 Å². The van der Waals surface area contributed by atoms with E-state index in [1.54, 1.807) is 0 Å². The van der Waals surface area contributed by atoms with Gasteiger partial charge in [0.25, 0.3) is 0 Å². The standard InChI is InChI=1S/C19H10F6N4O2/c20-18(21,22)12-3-10(4-13(5-12)19(23,24)25)15-1-2-28-16(29-15)6-14(17(30)31)11-7-26-9-27-8-11/h1-9H,(H,30,31)/b14-6+. The van der Waals surface area contributed by atoms with Crippen LogP contribution in [0.25, 0.3) is 22.9 Å². The minimum atomic E-state index is -5.02. The molecule has 1 aromatic carbocycles. The van der Waals surface area contributed by atoms with Gasteiger partial charge in [0.1, 0.15) is 6.33 Å². The Kier molecular flexibility index (Phi) is 5.73. The van der Waals surface area contributed by atoms with Gasteiger partial charge in [0.2, 0.25) is 0 Å². The molecule has 0 aliphatic heterocycles. The molecule has 0 amide bonds. The molecule has 0 atom stereocenters. The molecule has 12 heteroatoms. The molecule has 2 aromatic heterocycles. The van der Waals surface area contributed by atoms with Crippen LogP contribution in [0.1, 0.15) is 22.5 Å². The molecule has 1 N–H and O–H groups in total. The molecule has 0 aliphatic rings. The summed E-state index contributed by atoms with van der Waals surface area (Å²) in [6.45, 7) is 0. The predicted octanol–water partition coefficient (Wildman–Crippen LogP) is 4.60. The minimum Gasteiger partial charge on any atom is -0.478 e. The number of carbonyl (C=O) groups is 1. The lowest BCUT2D eigenvalue weighted by molar-refractivity contribution is -0.143. The van der Waals surface area contributed by atoms with E-state index in [0.717, 1.165) is 18.3 Å². The number of rotatable bonds is 4. The van der Waals surface area contributed by atoms with E-state index in [9.17, 15) is 36.2 Å². The SMILES string of the molecule is O=C(O)/C(=C/c1nccc(-c2cc(C(F)(F)F)cc(C(F)(F)F)c2)n1)c1cncnc1. The summed E-state index contributed by atoms with van der Waals surface area (Å²) in [5.41, 5.74) is -3.94.